The molecule has 214 valence electrons. The molecule has 8 nitrogen and oxygen atoms in total. The SMILES string of the molecule is CC(C)(C)C(=O)NCCCNC(=O)c1ccc2c(c1)N(Cc1ccc(OC(F)(F)F)cc1)C(=O)[C@@H](N)CS2.Cl. The van der Waals surface area contributed by atoms with Crippen LogP contribution in [0.1, 0.15) is 43.1 Å². The Kier molecular flexibility index (Phi) is 11.1. The van der Waals surface area contributed by atoms with Gasteiger partial charge in [0.2, 0.25) is 11.8 Å². The fourth-order valence-corrected chi connectivity index (χ4v) is 4.55. The Hall–Kier alpha value is -2.96. The van der Waals surface area contributed by atoms with Crippen LogP contribution in [0.4, 0.5) is 18.9 Å². The van der Waals surface area contributed by atoms with Crippen molar-refractivity contribution in [3.8, 4) is 5.75 Å². The summed E-state index contributed by atoms with van der Waals surface area (Å²) in [7, 11) is 0. The zero-order valence-corrected chi connectivity index (χ0v) is 23.4. The lowest BCUT2D eigenvalue weighted by molar-refractivity contribution is -0.274. The van der Waals surface area contributed by atoms with Gasteiger partial charge in [0.25, 0.3) is 5.91 Å². The average molecular weight is 589 g/mol. The molecule has 3 rings (SSSR count). The number of thioether (sulfide) groups is 1. The monoisotopic (exact) mass is 588 g/mol. The third kappa shape index (κ3) is 9.33. The first-order chi connectivity index (χ1) is 17.7. The van der Waals surface area contributed by atoms with E-state index in [1.54, 1.807) is 18.2 Å². The van der Waals surface area contributed by atoms with Gasteiger partial charge in [-0.05, 0) is 42.3 Å². The Balaban J connectivity index is 0.00000533. The van der Waals surface area contributed by atoms with Crippen LogP contribution in [0.25, 0.3) is 0 Å². The highest BCUT2D eigenvalue weighted by Crippen LogP contribution is 2.36. The van der Waals surface area contributed by atoms with E-state index < -0.39 is 17.8 Å². The Morgan fingerprint density at radius 2 is 1.72 bits per heavy atom. The Labute approximate surface area is 235 Å². The molecule has 13 heteroatoms. The smallest absolute Gasteiger partial charge is 0.406 e. The average Bonchev–Trinajstić information content (AvgIpc) is 2.95. The molecule has 1 aliphatic rings. The molecule has 0 saturated heterocycles. The van der Waals surface area contributed by atoms with Gasteiger partial charge in [-0.15, -0.1) is 37.3 Å². The lowest BCUT2D eigenvalue weighted by Crippen LogP contribution is -2.44. The molecule has 2 aromatic carbocycles. The molecule has 1 atom stereocenters. The van der Waals surface area contributed by atoms with Gasteiger partial charge < -0.3 is 26.0 Å². The topological polar surface area (TPSA) is 114 Å². The van der Waals surface area contributed by atoms with Gasteiger partial charge >= 0.3 is 6.36 Å². The van der Waals surface area contributed by atoms with Crippen LogP contribution in [-0.4, -0.2) is 49.0 Å². The van der Waals surface area contributed by atoms with Crippen LogP contribution in [0, 0.1) is 5.41 Å². The molecule has 0 unspecified atom stereocenters. The van der Waals surface area contributed by atoms with Crippen molar-refractivity contribution in [2.24, 2.45) is 11.1 Å². The van der Waals surface area contributed by atoms with Crippen LogP contribution in [0.2, 0.25) is 0 Å². The molecule has 0 radical (unpaired) electrons. The molecule has 1 heterocycles. The highest BCUT2D eigenvalue weighted by Gasteiger charge is 2.32. The predicted octanol–water partition coefficient (Wildman–Crippen LogP) is 4.26. The summed E-state index contributed by atoms with van der Waals surface area (Å²) in [6, 6.07) is 9.45. The molecule has 4 N–H and O–H groups in total. The molecule has 1 aliphatic heterocycles. The number of alkyl halides is 3. The number of hydrogen-bond donors (Lipinski definition) is 3. The lowest BCUT2D eigenvalue weighted by Gasteiger charge is -2.25. The number of anilines is 1. The zero-order valence-electron chi connectivity index (χ0n) is 21.8. The van der Waals surface area contributed by atoms with Crippen molar-refractivity contribution in [1.29, 1.82) is 0 Å². The summed E-state index contributed by atoms with van der Waals surface area (Å²) in [6.07, 6.45) is -4.26. The van der Waals surface area contributed by atoms with E-state index in [0.717, 1.165) is 4.90 Å². The minimum Gasteiger partial charge on any atom is -0.406 e. The van der Waals surface area contributed by atoms with Crippen molar-refractivity contribution in [2.45, 2.75) is 51.0 Å². The van der Waals surface area contributed by atoms with Gasteiger partial charge in [-0.3, -0.25) is 14.4 Å². The normalized spacial score (nSPS) is 15.5. The molecular weight excluding hydrogens is 557 g/mol. The molecule has 0 aromatic heterocycles. The molecule has 0 spiro atoms. The van der Waals surface area contributed by atoms with Crippen molar-refractivity contribution >= 4 is 47.6 Å². The first-order valence-corrected chi connectivity index (χ1v) is 13.0. The number of amides is 3. The van der Waals surface area contributed by atoms with E-state index in [1.807, 2.05) is 20.8 Å². The number of carbonyl (C=O) groups is 3. The maximum Gasteiger partial charge on any atom is 0.573 e. The van der Waals surface area contributed by atoms with Crippen LogP contribution in [0.15, 0.2) is 47.4 Å². The van der Waals surface area contributed by atoms with Crippen molar-refractivity contribution < 1.29 is 32.3 Å². The van der Waals surface area contributed by atoms with Crippen LogP contribution in [0.5, 0.6) is 5.75 Å². The van der Waals surface area contributed by atoms with Gasteiger partial charge in [-0.2, -0.15) is 0 Å². The molecule has 0 saturated carbocycles. The number of fused-ring (bicyclic) bond motifs is 1. The molecule has 0 aliphatic carbocycles. The summed E-state index contributed by atoms with van der Waals surface area (Å²) in [4.78, 5) is 40.0. The van der Waals surface area contributed by atoms with Crippen LogP contribution in [0.3, 0.4) is 0 Å². The molecule has 2 aromatic rings. The molecule has 3 amide bonds. The van der Waals surface area contributed by atoms with Crippen molar-refractivity contribution in [3.63, 3.8) is 0 Å². The first kappa shape index (κ1) is 32.3. The summed E-state index contributed by atoms with van der Waals surface area (Å²) in [6.45, 7) is 6.27. The number of benzene rings is 2. The quantitative estimate of drug-likeness (QED) is 0.397. The van der Waals surface area contributed by atoms with Gasteiger partial charge in [0.1, 0.15) is 5.75 Å². The largest absolute Gasteiger partial charge is 0.573 e. The third-order valence-electron chi connectivity index (χ3n) is 5.62. The van der Waals surface area contributed by atoms with Crippen molar-refractivity contribution in [3.05, 3.63) is 53.6 Å². The number of hydrogen-bond acceptors (Lipinski definition) is 6. The number of halogens is 4. The second-order valence-electron chi connectivity index (χ2n) is 9.83. The molecular formula is C26H32ClF3N4O4S. The second-order valence-corrected chi connectivity index (χ2v) is 10.9. The zero-order chi connectivity index (χ0) is 28.1. The van der Waals surface area contributed by atoms with Gasteiger partial charge in [0, 0.05) is 34.7 Å². The first-order valence-electron chi connectivity index (χ1n) is 12.0. The molecule has 0 bridgehead atoms. The molecule has 39 heavy (non-hydrogen) atoms. The Morgan fingerprint density at radius 3 is 2.33 bits per heavy atom. The van der Waals surface area contributed by atoms with E-state index >= 15 is 0 Å². The Morgan fingerprint density at radius 1 is 1.08 bits per heavy atom. The molecule has 0 fully saturated rings. The maximum atomic E-state index is 13.1. The van der Waals surface area contributed by atoms with E-state index in [4.69, 9.17) is 5.73 Å². The van der Waals surface area contributed by atoms with Gasteiger partial charge in [-0.25, -0.2) is 0 Å². The number of nitrogens with zero attached hydrogens (tertiary/aromatic N) is 1. The summed E-state index contributed by atoms with van der Waals surface area (Å²) in [5.41, 5.74) is 6.97. The van der Waals surface area contributed by atoms with E-state index in [0.29, 0.717) is 42.1 Å². The summed E-state index contributed by atoms with van der Waals surface area (Å²) in [5.74, 6) is -0.800. The number of nitrogens with one attached hydrogen (secondary N) is 2. The fourth-order valence-electron chi connectivity index (χ4n) is 3.56. The van der Waals surface area contributed by atoms with Crippen LogP contribution in [-0.2, 0) is 16.1 Å². The predicted molar refractivity (Wildman–Crippen MR) is 146 cm³/mol. The minimum absolute atomic E-state index is 0. The van der Waals surface area contributed by atoms with Gasteiger partial charge in [0.15, 0.2) is 0 Å². The van der Waals surface area contributed by atoms with Crippen molar-refractivity contribution in [1.82, 2.24) is 10.6 Å². The van der Waals surface area contributed by atoms with Crippen LogP contribution >= 0.6 is 24.2 Å². The number of ether oxygens (including phenoxy) is 1. The van der Waals surface area contributed by atoms with E-state index in [2.05, 4.69) is 15.4 Å². The maximum absolute atomic E-state index is 13.1. The number of nitrogens with two attached hydrogens (primary N) is 1. The van der Waals surface area contributed by atoms with Crippen LogP contribution < -0.4 is 26.0 Å². The summed E-state index contributed by atoms with van der Waals surface area (Å²) < 4.78 is 41.3. The second kappa shape index (κ2) is 13.4. The Bertz CT molecular complexity index is 1170. The fraction of sp³-hybridized carbons (Fsp3) is 0.423. The van der Waals surface area contributed by atoms with Crippen molar-refractivity contribution in [2.75, 3.05) is 23.7 Å². The van der Waals surface area contributed by atoms with Gasteiger partial charge in [0.05, 0.1) is 18.3 Å². The van der Waals surface area contributed by atoms with Gasteiger partial charge in [-0.1, -0.05) is 32.9 Å². The highest BCUT2D eigenvalue weighted by atomic mass is 35.5. The highest BCUT2D eigenvalue weighted by molar-refractivity contribution is 7.99. The summed E-state index contributed by atoms with van der Waals surface area (Å²) in [5, 5.41) is 5.64. The standard InChI is InChI=1S/C26H31F3N4O4S.ClH/c1-25(2,3)24(36)32-12-4-11-31-22(34)17-7-10-21-20(13-17)33(23(35)19(30)15-38-21)14-16-5-8-18(9-6-16)37-26(27,28)29;/h5-10,13,19H,4,11-12,14-15,30H2,1-3H3,(H,31,34)(H,32,36);1H/t19-;/m0./s1. The van der Waals surface area contributed by atoms with E-state index in [-0.39, 0.29) is 42.4 Å². The summed E-state index contributed by atoms with van der Waals surface area (Å²) >= 11 is 1.39. The number of rotatable bonds is 8. The van der Waals surface area contributed by atoms with E-state index in [9.17, 15) is 27.6 Å². The van der Waals surface area contributed by atoms with E-state index in [1.165, 1.54) is 40.9 Å². The minimum atomic E-state index is -4.80. The number of carbonyl (C=O) groups excluding carboxylic acids is 3. The third-order valence-corrected chi connectivity index (χ3v) is 6.80. The lowest BCUT2D eigenvalue weighted by atomic mass is 9.96.